The lowest BCUT2D eigenvalue weighted by atomic mass is 10.3. The maximum absolute atomic E-state index is 12.3. The second-order valence-electron chi connectivity index (χ2n) is 5.51. The number of nitrogens with one attached hydrogen (secondary N) is 2. The summed E-state index contributed by atoms with van der Waals surface area (Å²) in [6.07, 6.45) is 3.19. The summed E-state index contributed by atoms with van der Waals surface area (Å²) in [6, 6.07) is 6.77. The molecule has 130 valence electrons. The van der Waals surface area contributed by atoms with Gasteiger partial charge in [0.15, 0.2) is 0 Å². The van der Waals surface area contributed by atoms with Crippen molar-refractivity contribution in [3.8, 4) is 11.4 Å². The Bertz CT molecular complexity index is 854. The van der Waals surface area contributed by atoms with Crippen LogP contribution in [0, 0.1) is 0 Å². The second kappa shape index (κ2) is 7.12. The first-order valence-corrected chi connectivity index (χ1v) is 7.99. The van der Waals surface area contributed by atoms with Gasteiger partial charge in [-0.1, -0.05) is 6.07 Å². The summed E-state index contributed by atoms with van der Waals surface area (Å²) in [5, 5.41) is 14.1. The molecule has 0 aromatic carbocycles. The van der Waals surface area contributed by atoms with E-state index in [2.05, 4.69) is 30.8 Å². The molecule has 0 fully saturated rings. The molecule has 9 nitrogen and oxygen atoms in total. The number of hydrogen-bond donors (Lipinski definition) is 2. The molecule has 25 heavy (non-hydrogen) atoms. The van der Waals surface area contributed by atoms with Crippen LogP contribution in [0.15, 0.2) is 36.8 Å². The number of aromatic nitrogens is 6. The summed E-state index contributed by atoms with van der Waals surface area (Å²) in [7, 11) is 1.76. The third kappa shape index (κ3) is 3.65. The number of aryl methyl sites for hydroxylation is 2. The molecular weight excluding hydrogens is 320 g/mol. The van der Waals surface area contributed by atoms with E-state index in [1.807, 2.05) is 32.0 Å². The lowest BCUT2D eigenvalue weighted by Crippen LogP contribution is -2.33. The van der Waals surface area contributed by atoms with Gasteiger partial charge in [-0.15, -0.1) is 0 Å². The van der Waals surface area contributed by atoms with Crippen molar-refractivity contribution < 1.29 is 4.79 Å². The molecule has 3 heterocycles. The third-order valence-corrected chi connectivity index (χ3v) is 3.73. The number of pyridine rings is 1. The molecular formula is C16H20N8O. The van der Waals surface area contributed by atoms with Crippen molar-refractivity contribution in [2.45, 2.75) is 26.4 Å². The van der Waals surface area contributed by atoms with E-state index < -0.39 is 0 Å². The van der Waals surface area contributed by atoms with Gasteiger partial charge in [0.05, 0.1) is 11.7 Å². The first kappa shape index (κ1) is 16.6. The Morgan fingerprint density at radius 3 is 2.84 bits per heavy atom. The minimum atomic E-state index is -0.339. The lowest BCUT2D eigenvalue weighted by Gasteiger charge is -2.14. The molecule has 0 spiro atoms. The maximum atomic E-state index is 12.3. The molecule has 3 aromatic heterocycles. The van der Waals surface area contributed by atoms with Crippen molar-refractivity contribution in [3.63, 3.8) is 0 Å². The van der Waals surface area contributed by atoms with Gasteiger partial charge in [0.2, 0.25) is 0 Å². The zero-order chi connectivity index (χ0) is 17.8. The molecule has 2 N–H and O–H groups in total. The molecule has 0 saturated carbocycles. The van der Waals surface area contributed by atoms with E-state index in [4.69, 9.17) is 0 Å². The van der Waals surface area contributed by atoms with Gasteiger partial charge in [0.1, 0.15) is 23.7 Å². The van der Waals surface area contributed by atoms with Gasteiger partial charge in [0.25, 0.3) is 0 Å². The molecule has 0 saturated heterocycles. The molecule has 2 amide bonds. The van der Waals surface area contributed by atoms with Crippen molar-refractivity contribution >= 4 is 11.8 Å². The predicted octanol–water partition coefficient (Wildman–Crippen LogP) is 1.98. The van der Waals surface area contributed by atoms with Crippen LogP contribution in [-0.4, -0.2) is 35.6 Å². The quantitative estimate of drug-likeness (QED) is 0.739. The largest absolute Gasteiger partial charge is 0.328 e. The highest BCUT2D eigenvalue weighted by Crippen LogP contribution is 2.19. The first-order valence-electron chi connectivity index (χ1n) is 7.99. The summed E-state index contributed by atoms with van der Waals surface area (Å²) in [5.41, 5.74) is 1.44. The Morgan fingerprint density at radius 2 is 2.12 bits per heavy atom. The highest BCUT2D eigenvalue weighted by molar-refractivity contribution is 5.89. The van der Waals surface area contributed by atoms with Crippen molar-refractivity contribution in [2.24, 2.45) is 7.05 Å². The van der Waals surface area contributed by atoms with E-state index in [1.165, 1.54) is 6.33 Å². The van der Waals surface area contributed by atoms with E-state index in [1.54, 1.807) is 28.7 Å². The standard InChI is InChI=1S/C16H20N8O/c1-4-24-15(18-10-19-24)11(2)20-16(25)21-14-9-13(22-23(14)3)12-7-5-6-8-17-12/h5-11H,4H2,1-3H3,(H2,20,21,25). The lowest BCUT2D eigenvalue weighted by molar-refractivity contribution is 0.248. The number of carbonyl (C=O) groups excluding carboxylic acids is 1. The van der Waals surface area contributed by atoms with Crippen LogP contribution in [0.2, 0.25) is 0 Å². The smallest absolute Gasteiger partial charge is 0.320 e. The van der Waals surface area contributed by atoms with Crippen LogP contribution in [0.3, 0.4) is 0 Å². The van der Waals surface area contributed by atoms with Crippen LogP contribution >= 0.6 is 0 Å². The van der Waals surface area contributed by atoms with E-state index in [0.717, 1.165) is 5.69 Å². The molecule has 0 bridgehead atoms. The number of carbonyl (C=O) groups is 1. The third-order valence-electron chi connectivity index (χ3n) is 3.73. The molecule has 1 unspecified atom stereocenters. The highest BCUT2D eigenvalue weighted by Gasteiger charge is 2.16. The monoisotopic (exact) mass is 340 g/mol. The van der Waals surface area contributed by atoms with Gasteiger partial charge in [0, 0.05) is 25.9 Å². The molecule has 9 heteroatoms. The zero-order valence-electron chi connectivity index (χ0n) is 14.3. The van der Waals surface area contributed by atoms with Crippen molar-refractivity contribution in [3.05, 3.63) is 42.6 Å². The number of amides is 2. The van der Waals surface area contributed by atoms with Gasteiger partial charge in [-0.05, 0) is 26.0 Å². The normalized spacial score (nSPS) is 12.0. The SMILES string of the molecule is CCn1ncnc1C(C)NC(=O)Nc1cc(-c2ccccn2)nn1C. The second-order valence-corrected chi connectivity index (χ2v) is 5.51. The molecule has 0 aliphatic heterocycles. The summed E-state index contributed by atoms with van der Waals surface area (Å²) >= 11 is 0. The Kier molecular flexibility index (Phi) is 4.73. The summed E-state index contributed by atoms with van der Waals surface area (Å²) in [6.45, 7) is 4.52. The van der Waals surface area contributed by atoms with E-state index >= 15 is 0 Å². The molecule has 3 rings (SSSR count). The van der Waals surface area contributed by atoms with Crippen LogP contribution in [0.25, 0.3) is 11.4 Å². The van der Waals surface area contributed by atoms with E-state index in [-0.39, 0.29) is 12.1 Å². The van der Waals surface area contributed by atoms with E-state index in [0.29, 0.717) is 23.9 Å². The maximum Gasteiger partial charge on any atom is 0.320 e. The fraction of sp³-hybridized carbons (Fsp3) is 0.312. The Morgan fingerprint density at radius 1 is 1.28 bits per heavy atom. The highest BCUT2D eigenvalue weighted by atomic mass is 16.2. The number of hydrogen-bond acceptors (Lipinski definition) is 5. The van der Waals surface area contributed by atoms with Gasteiger partial charge in [-0.3, -0.25) is 15.0 Å². The van der Waals surface area contributed by atoms with Crippen LogP contribution in [0.4, 0.5) is 10.6 Å². The zero-order valence-corrected chi connectivity index (χ0v) is 14.3. The van der Waals surface area contributed by atoms with Gasteiger partial charge in [-0.2, -0.15) is 10.2 Å². The number of nitrogens with zero attached hydrogens (tertiary/aromatic N) is 6. The van der Waals surface area contributed by atoms with Crippen molar-refractivity contribution in [1.29, 1.82) is 0 Å². The average Bonchev–Trinajstić information content (AvgIpc) is 3.22. The average molecular weight is 340 g/mol. The Hall–Kier alpha value is -3.23. The Balaban J connectivity index is 1.68. The number of anilines is 1. The fourth-order valence-corrected chi connectivity index (χ4v) is 2.49. The van der Waals surface area contributed by atoms with E-state index in [9.17, 15) is 4.79 Å². The van der Waals surface area contributed by atoms with Gasteiger partial charge < -0.3 is 5.32 Å². The minimum Gasteiger partial charge on any atom is -0.328 e. The topological polar surface area (TPSA) is 103 Å². The number of rotatable bonds is 5. The summed E-state index contributed by atoms with van der Waals surface area (Å²) in [4.78, 5) is 20.7. The summed E-state index contributed by atoms with van der Waals surface area (Å²) in [5.74, 6) is 1.28. The van der Waals surface area contributed by atoms with Crippen LogP contribution in [-0.2, 0) is 13.6 Å². The minimum absolute atomic E-state index is 0.272. The van der Waals surface area contributed by atoms with Crippen LogP contribution in [0.1, 0.15) is 25.7 Å². The molecule has 1 atom stereocenters. The Labute approximate surface area is 145 Å². The summed E-state index contributed by atoms with van der Waals surface area (Å²) < 4.78 is 3.34. The van der Waals surface area contributed by atoms with Gasteiger partial charge >= 0.3 is 6.03 Å². The predicted molar refractivity (Wildman–Crippen MR) is 92.7 cm³/mol. The fourth-order valence-electron chi connectivity index (χ4n) is 2.49. The van der Waals surface area contributed by atoms with Gasteiger partial charge in [-0.25, -0.2) is 14.5 Å². The molecule has 0 aliphatic rings. The molecule has 0 aliphatic carbocycles. The van der Waals surface area contributed by atoms with Crippen molar-refractivity contribution in [1.82, 2.24) is 34.8 Å². The van der Waals surface area contributed by atoms with Crippen molar-refractivity contribution in [2.75, 3.05) is 5.32 Å². The van der Waals surface area contributed by atoms with Crippen LogP contribution < -0.4 is 10.6 Å². The molecule has 0 radical (unpaired) electrons. The van der Waals surface area contributed by atoms with Crippen LogP contribution in [0.5, 0.6) is 0 Å². The number of urea groups is 1. The first-order chi connectivity index (χ1) is 12.1. The molecule has 3 aromatic rings.